The third kappa shape index (κ3) is 5.19. The summed E-state index contributed by atoms with van der Waals surface area (Å²) in [7, 11) is 0. The van der Waals surface area contributed by atoms with E-state index in [1.54, 1.807) is 11.3 Å². The van der Waals surface area contributed by atoms with Crippen molar-refractivity contribution in [3.8, 4) is 0 Å². The molecule has 0 radical (unpaired) electrons. The van der Waals surface area contributed by atoms with E-state index in [2.05, 4.69) is 5.32 Å². The Labute approximate surface area is 164 Å². The molecule has 0 saturated heterocycles. The molecule has 0 saturated carbocycles. The van der Waals surface area contributed by atoms with Crippen LogP contribution in [0.15, 0.2) is 30.3 Å². The van der Waals surface area contributed by atoms with E-state index in [0.29, 0.717) is 23.4 Å². The van der Waals surface area contributed by atoms with Crippen molar-refractivity contribution >= 4 is 28.2 Å². The van der Waals surface area contributed by atoms with Crippen LogP contribution in [0.3, 0.4) is 0 Å². The Hall–Kier alpha value is -2.14. The molecule has 1 heterocycles. The second kappa shape index (κ2) is 9.18. The number of carbonyl (C=O) groups is 2. The molecule has 1 aliphatic rings. The van der Waals surface area contributed by atoms with E-state index in [1.807, 2.05) is 44.2 Å². The van der Waals surface area contributed by atoms with E-state index in [-0.39, 0.29) is 18.0 Å². The van der Waals surface area contributed by atoms with E-state index in [4.69, 9.17) is 4.74 Å². The van der Waals surface area contributed by atoms with Gasteiger partial charge in [0, 0.05) is 11.3 Å². The lowest BCUT2D eigenvalue weighted by Crippen LogP contribution is -2.17. The average Bonchev–Trinajstić information content (AvgIpc) is 2.81. The number of nitrogens with one attached hydrogen (secondary N) is 1. The number of esters is 1. The summed E-state index contributed by atoms with van der Waals surface area (Å²) in [5.41, 5.74) is 2.80. The fourth-order valence-corrected chi connectivity index (χ4v) is 4.70. The van der Waals surface area contributed by atoms with Crippen LogP contribution < -0.4 is 5.32 Å². The van der Waals surface area contributed by atoms with Crippen LogP contribution >= 0.6 is 11.3 Å². The van der Waals surface area contributed by atoms with E-state index in [1.165, 1.54) is 11.3 Å². The van der Waals surface area contributed by atoms with Crippen LogP contribution in [0.5, 0.6) is 0 Å². The van der Waals surface area contributed by atoms with Crippen LogP contribution in [0.1, 0.15) is 65.9 Å². The van der Waals surface area contributed by atoms with Gasteiger partial charge in [-0.05, 0) is 57.1 Å². The summed E-state index contributed by atoms with van der Waals surface area (Å²) in [5.74, 6) is -0.378. The molecule has 3 rings (SSSR count). The molecule has 1 aromatic carbocycles. The fraction of sp³-hybridized carbons (Fsp3) is 0.455. The zero-order valence-electron chi connectivity index (χ0n) is 16.0. The van der Waals surface area contributed by atoms with Crippen molar-refractivity contribution in [3.63, 3.8) is 0 Å². The average molecular weight is 386 g/mol. The number of anilines is 1. The topological polar surface area (TPSA) is 55.4 Å². The zero-order chi connectivity index (χ0) is 19.2. The van der Waals surface area contributed by atoms with Crippen molar-refractivity contribution in [2.45, 2.75) is 64.9 Å². The maximum Gasteiger partial charge on any atom is 0.341 e. The number of amides is 1. The largest absolute Gasteiger partial charge is 0.459 e. The lowest BCUT2D eigenvalue weighted by Gasteiger charge is -2.11. The first-order chi connectivity index (χ1) is 13.0. The van der Waals surface area contributed by atoms with Crippen molar-refractivity contribution in [3.05, 3.63) is 51.9 Å². The molecule has 1 amide bonds. The second-order valence-corrected chi connectivity index (χ2v) is 8.36. The van der Waals surface area contributed by atoms with Crippen LogP contribution in [0.25, 0.3) is 0 Å². The molecule has 1 N–H and O–H groups in total. The molecule has 1 aliphatic carbocycles. The second-order valence-electron chi connectivity index (χ2n) is 7.26. The normalized spacial score (nSPS) is 13.7. The summed E-state index contributed by atoms with van der Waals surface area (Å²) in [5, 5.41) is 3.65. The van der Waals surface area contributed by atoms with Crippen molar-refractivity contribution in [1.82, 2.24) is 0 Å². The first-order valence-corrected chi connectivity index (χ1v) is 10.6. The van der Waals surface area contributed by atoms with Gasteiger partial charge in [0.2, 0.25) is 5.91 Å². The Kier molecular flexibility index (Phi) is 6.67. The lowest BCUT2D eigenvalue weighted by molar-refractivity contribution is -0.116. The summed E-state index contributed by atoms with van der Waals surface area (Å²) in [6, 6.07) is 9.96. The highest BCUT2D eigenvalue weighted by Gasteiger charge is 2.27. The first-order valence-electron chi connectivity index (χ1n) is 9.74. The fourth-order valence-electron chi connectivity index (χ4n) is 3.41. The Balaban J connectivity index is 1.77. The van der Waals surface area contributed by atoms with Crippen LogP contribution in [0.4, 0.5) is 5.00 Å². The van der Waals surface area contributed by atoms with Gasteiger partial charge in [-0.25, -0.2) is 4.79 Å². The molecule has 2 aromatic rings. The first kappa shape index (κ1) is 19.6. The summed E-state index contributed by atoms with van der Waals surface area (Å²) >= 11 is 1.55. The molecule has 144 valence electrons. The molecular weight excluding hydrogens is 358 g/mol. The summed E-state index contributed by atoms with van der Waals surface area (Å²) in [6.07, 6.45) is 6.14. The molecule has 1 aromatic heterocycles. The van der Waals surface area contributed by atoms with Crippen LogP contribution in [-0.4, -0.2) is 18.0 Å². The van der Waals surface area contributed by atoms with Crippen LogP contribution in [0, 0.1) is 0 Å². The van der Waals surface area contributed by atoms with Gasteiger partial charge in [-0.3, -0.25) is 4.79 Å². The highest BCUT2D eigenvalue weighted by molar-refractivity contribution is 7.17. The molecule has 0 bridgehead atoms. The smallest absolute Gasteiger partial charge is 0.341 e. The minimum atomic E-state index is -0.317. The number of fused-ring (bicyclic) bond motifs is 1. The predicted molar refractivity (Wildman–Crippen MR) is 110 cm³/mol. The van der Waals surface area contributed by atoms with Crippen LogP contribution in [0.2, 0.25) is 0 Å². The van der Waals surface area contributed by atoms with Gasteiger partial charge in [0.05, 0.1) is 11.7 Å². The molecule has 0 atom stereocenters. The third-order valence-electron chi connectivity index (χ3n) is 4.70. The summed E-state index contributed by atoms with van der Waals surface area (Å²) < 4.78 is 5.47. The molecular formula is C22H27NO3S. The van der Waals surface area contributed by atoms with Gasteiger partial charge >= 0.3 is 5.97 Å². The minimum Gasteiger partial charge on any atom is -0.459 e. The Morgan fingerprint density at radius 3 is 2.59 bits per heavy atom. The Morgan fingerprint density at radius 2 is 1.85 bits per heavy atom. The van der Waals surface area contributed by atoms with Crippen LogP contribution in [-0.2, 0) is 28.8 Å². The van der Waals surface area contributed by atoms with Crippen molar-refractivity contribution in [2.24, 2.45) is 0 Å². The third-order valence-corrected chi connectivity index (χ3v) is 5.91. The Morgan fingerprint density at radius 1 is 1.11 bits per heavy atom. The van der Waals surface area contributed by atoms with Gasteiger partial charge in [-0.15, -0.1) is 11.3 Å². The number of ether oxygens (including phenoxy) is 1. The quantitative estimate of drug-likeness (QED) is 0.552. The van der Waals surface area contributed by atoms with Crippen molar-refractivity contribution < 1.29 is 14.3 Å². The highest BCUT2D eigenvalue weighted by atomic mass is 32.1. The SMILES string of the molecule is CC(C)OC(=O)c1c(NC(=O)CCc2ccccc2)sc2c1CCCCC2. The predicted octanol–water partition coefficient (Wildman–Crippen LogP) is 5.15. The van der Waals surface area contributed by atoms with Gasteiger partial charge in [0.25, 0.3) is 0 Å². The van der Waals surface area contributed by atoms with E-state index in [9.17, 15) is 9.59 Å². The van der Waals surface area contributed by atoms with Gasteiger partial charge in [0.1, 0.15) is 5.00 Å². The number of aryl methyl sites for hydroxylation is 2. The monoisotopic (exact) mass is 385 g/mol. The number of rotatable bonds is 6. The molecule has 5 heteroatoms. The van der Waals surface area contributed by atoms with E-state index in [0.717, 1.165) is 36.8 Å². The van der Waals surface area contributed by atoms with Crippen molar-refractivity contribution in [1.29, 1.82) is 0 Å². The zero-order valence-corrected chi connectivity index (χ0v) is 16.9. The standard InChI is InChI=1S/C22H27NO3S/c1-15(2)26-22(25)20-17-11-7-4-8-12-18(17)27-21(20)23-19(24)14-13-16-9-5-3-6-10-16/h3,5-6,9-10,15H,4,7-8,11-14H2,1-2H3,(H,23,24). The number of hydrogen-bond donors (Lipinski definition) is 1. The summed E-state index contributed by atoms with van der Waals surface area (Å²) in [6.45, 7) is 3.70. The number of carbonyl (C=O) groups excluding carboxylic acids is 2. The van der Waals surface area contributed by atoms with Gasteiger partial charge < -0.3 is 10.1 Å². The van der Waals surface area contributed by atoms with Gasteiger partial charge in [-0.2, -0.15) is 0 Å². The molecule has 0 aliphatic heterocycles. The molecule has 4 nitrogen and oxygen atoms in total. The van der Waals surface area contributed by atoms with Gasteiger partial charge in [0.15, 0.2) is 0 Å². The number of thiophene rings is 1. The number of benzene rings is 1. The summed E-state index contributed by atoms with van der Waals surface area (Å²) in [4.78, 5) is 26.4. The lowest BCUT2D eigenvalue weighted by atomic mass is 10.1. The van der Waals surface area contributed by atoms with Crippen molar-refractivity contribution in [2.75, 3.05) is 5.32 Å². The maximum absolute atomic E-state index is 12.7. The maximum atomic E-state index is 12.7. The number of hydrogen-bond acceptors (Lipinski definition) is 4. The molecule has 0 unspecified atom stereocenters. The Bertz CT molecular complexity index is 795. The highest BCUT2D eigenvalue weighted by Crippen LogP contribution is 2.38. The minimum absolute atomic E-state index is 0.0612. The van der Waals surface area contributed by atoms with Gasteiger partial charge in [-0.1, -0.05) is 36.8 Å². The molecule has 0 spiro atoms. The molecule has 27 heavy (non-hydrogen) atoms. The molecule has 0 fully saturated rings. The van der Waals surface area contributed by atoms with E-state index < -0.39 is 0 Å². The van der Waals surface area contributed by atoms with E-state index >= 15 is 0 Å².